The second-order valence-electron chi connectivity index (χ2n) is 5.37. The van der Waals surface area contributed by atoms with Crippen LogP contribution in [0.5, 0.6) is 0 Å². The molecule has 0 aliphatic carbocycles. The van der Waals surface area contributed by atoms with E-state index in [1.807, 2.05) is 12.1 Å². The molecule has 0 N–H and O–H groups in total. The standard InChI is InChI=1S/C15H18ClN3/c16-9-12-3-4-15(13(8-12)10-17)19-7-6-18-5-1-2-14(18)11-19/h3-4,8,14H,1-2,5-7,9,11H2. The number of anilines is 1. The average Bonchev–Trinajstić information content (AvgIpc) is 2.93. The molecule has 2 aliphatic heterocycles. The van der Waals surface area contributed by atoms with Crippen LogP contribution in [-0.2, 0) is 5.88 Å². The van der Waals surface area contributed by atoms with E-state index < -0.39 is 0 Å². The van der Waals surface area contributed by atoms with E-state index in [-0.39, 0.29) is 0 Å². The van der Waals surface area contributed by atoms with Crippen LogP contribution in [-0.4, -0.2) is 37.1 Å². The number of nitriles is 1. The van der Waals surface area contributed by atoms with Crippen molar-refractivity contribution in [2.75, 3.05) is 31.1 Å². The van der Waals surface area contributed by atoms with E-state index in [1.165, 1.54) is 19.4 Å². The number of alkyl halides is 1. The van der Waals surface area contributed by atoms with E-state index >= 15 is 0 Å². The highest BCUT2D eigenvalue weighted by molar-refractivity contribution is 6.17. The summed E-state index contributed by atoms with van der Waals surface area (Å²) in [5.41, 5.74) is 2.84. The lowest BCUT2D eigenvalue weighted by Crippen LogP contribution is -2.50. The van der Waals surface area contributed by atoms with Crippen LogP contribution in [0.3, 0.4) is 0 Å². The zero-order chi connectivity index (χ0) is 13.2. The van der Waals surface area contributed by atoms with Gasteiger partial charge < -0.3 is 4.90 Å². The first-order chi connectivity index (χ1) is 9.31. The van der Waals surface area contributed by atoms with Gasteiger partial charge in [-0.15, -0.1) is 11.6 Å². The minimum Gasteiger partial charge on any atom is -0.368 e. The quantitative estimate of drug-likeness (QED) is 0.777. The van der Waals surface area contributed by atoms with Crippen LogP contribution >= 0.6 is 11.6 Å². The number of hydrogen-bond acceptors (Lipinski definition) is 3. The van der Waals surface area contributed by atoms with Crippen LogP contribution < -0.4 is 4.90 Å². The highest BCUT2D eigenvalue weighted by Crippen LogP contribution is 2.28. The number of benzene rings is 1. The minimum absolute atomic E-state index is 0.464. The molecule has 2 fully saturated rings. The summed E-state index contributed by atoms with van der Waals surface area (Å²) in [7, 11) is 0. The predicted octanol–water partition coefficient (Wildman–Crippen LogP) is 2.58. The van der Waals surface area contributed by atoms with Gasteiger partial charge in [0.2, 0.25) is 0 Å². The van der Waals surface area contributed by atoms with Crippen LogP contribution in [0.4, 0.5) is 5.69 Å². The maximum atomic E-state index is 9.33. The summed E-state index contributed by atoms with van der Waals surface area (Å²) < 4.78 is 0. The Bertz CT molecular complexity index is 509. The molecule has 1 atom stereocenters. The van der Waals surface area contributed by atoms with Crippen LogP contribution in [0.15, 0.2) is 18.2 Å². The molecule has 2 saturated heterocycles. The summed E-state index contributed by atoms with van der Waals surface area (Å²) in [4.78, 5) is 4.94. The molecule has 0 radical (unpaired) electrons. The zero-order valence-corrected chi connectivity index (χ0v) is 11.7. The summed E-state index contributed by atoms with van der Waals surface area (Å²) in [6, 6.07) is 9.00. The molecule has 3 rings (SSSR count). The first kappa shape index (κ1) is 12.8. The van der Waals surface area contributed by atoms with E-state index in [0.717, 1.165) is 36.4 Å². The molecule has 2 heterocycles. The molecule has 1 aromatic rings. The SMILES string of the molecule is N#Cc1cc(CCl)ccc1N1CCN2CCCC2C1. The van der Waals surface area contributed by atoms with Crippen molar-refractivity contribution in [2.45, 2.75) is 24.8 Å². The van der Waals surface area contributed by atoms with Gasteiger partial charge >= 0.3 is 0 Å². The third-order valence-electron chi connectivity index (χ3n) is 4.26. The van der Waals surface area contributed by atoms with Crippen LogP contribution in [0, 0.1) is 11.3 Å². The van der Waals surface area contributed by atoms with Crippen molar-refractivity contribution < 1.29 is 0 Å². The summed E-state index contributed by atoms with van der Waals surface area (Å²) >= 11 is 5.84. The number of rotatable bonds is 2. The van der Waals surface area contributed by atoms with Crippen molar-refractivity contribution in [3.05, 3.63) is 29.3 Å². The van der Waals surface area contributed by atoms with Gasteiger partial charge in [0.1, 0.15) is 6.07 Å². The van der Waals surface area contributed by atoms with Crippen molar-refractivity contribution >= 4 is 17.3 Å². The van der Waals surface area contributed by atoms with E-state index in [4.69, 9.17) is 11.6 Å². The summed E-state index contributed by atoms with van der Waals surface area (Å²) in [6.45, 7) is 4.43. The van der Waals surface area contributed by atoms with Crippen LogP contribution in [0.25, 0.3) is 0 Å². The van der Waals surface area contributed by atoms with Crippen molar-refractivity contribution in [3.8, 4) is 6.07 Å². The van der Waals surface area contributed by atoms with Gasteiger partial charge in [0.05, 0.1) is 11.3 Å². The molecule has 2 aliphatic rings. The average molecular weight is 276 g/mol. The third kappa shape index (κ3) is 2.43. The molecule has 0 bridgehead atoms. The Kier molecular flexibility index (Phi) is 3.63. The smallest absolute Gasteiger partial charge is 0.101 e. The van der Waals surface area contributed by atoms with Gasteiger partial charge in [-0.25, -0.2) is 0 Å². The van der Waals surface area contributed by atoms with Crippen LogP contribution in [0.1, 0.15) is 24.0 Å². The van der Waals surface area contributed by atoms with E-state index in [2.05, 4.69) is 21.9 Å². The van der Waals surface area contributed by atoms with Gasteiger partial charge in [0, 0.05) is 31.6 Å². The highest BCUT2D eigenvalue weighted by atomic mass is 35.5. The molecule has 100 valence electrons. The molecule has 4 heteroatoms. The fraction of sp³-hybridized carbons (Fsp3) is 0.533. The number of fused-ring (bicyclic) bond motifs is 1. The molecular weight excluding hydrogens is 258 g/mol. The molecule has 0 spiro atoms. The molecule has 0 amide bonds. The lowest BCUT2D eigenvalue weighted by molar-refractivity contribution is 0.231. The van der Waals surface area contributed by atoms with E-state index in [1.54, 1.807) is 0 Å². The van der Waals surface area contributed by atoms with Crippen molar-refractivity contribution in [1.29, 1.82) is 5.26 Å². The van der Waals surface area contributed by atoms with Crippen molar-refractivity contribution in [3.63, 3.8) is 0 Å². The normalized spacial score (nSPS) is 23.2. The second kappa shape index (κ2) is 5.40. The molecule has 19 heavy (non-hydrogen) atoms. The predicted molar refractivity (Wildman–Crippen MR) is 77.5 cm³/mol. The Morgan fingerprint density at radius 2 is 2.21 bits per heavy atom. The zero-order valence-electron chi connectivity index (χ0n) is 11.0. The monoisotopic (exact) mass is 275 g/mol. The molecule has 0 aromatic heterocycles. The van der Waals surface area contributed by atoms with Crippen molar-refractivity contribution in [2.24, 2.45) is 0 Å². The van der Waals surface area contributed by atoms with Gasteiger partial charge in [-0.1, -0.05) is 6.07 Å². The van der Waals surface area contributed by atoms with E-state index in [0.29, 0.717) is 11.9 Å². The van der Waals surface area contributed by atoms with Gasteiger partial charge in [-0.2, -0.15) is 5.26 Å². The molecule has 1 aromatic carbocycles. The number of hydrogen-bond donors (Lipinski definition) is 0. The number of halogens is 1. The summed E-state index contributed by atoms with van der Waals surface area (Å²) in [6.07, 6.45) is 2.60. The lowest BCUT2D eigenvalue weighted by Gasteiger charge is -2.39. The molecule has 0 saturated carbocycles. The van der Waals surface area contributed by atoms with Gasteiger partial charge in [0.25, 0.3) is 0 Å². The second-order valence-corrected chi connectivity index (χ2v) is 5.64. The fourth-order valence-corrected chi connectivity index (χ4v) is 3.41. The topological polar surface area (TPSA) is 30.3 Å². The maximum Gasteiger partial charge on any atom is 0.101 e. The maximum absolute atomic E-state index is 9.33. The Morgan fingerprint density at radius 3 is 3.00 bits per heavy atom. The summed E-state index contributed by atoms with van der Waals surface area (Å²) in [5.74, 6) is 0.464. The Morgan fingerprint density at radius 1 is 1.32 bits per heavy atom. The van der Waals surface area contributed by atoms with Crippen LogP contribution in [0.2, 0.25) is 0 Å². The number of piperazine rings is 1. The Hall–Kier alpha value is -1.24. The minimum atomic E-state index is 0.464. The van der Waals surface area contributed by atoms with E-state index in [9.17, 15) is 5.26 Å². The Labute approximate surface area is 119 Å². The molecule has 1 unspecified atom stereocenters. The first-order valence-electron chi connectivity index (χ1n) is 6.90. The van der Waals surface area contributed by atoms with Gasteiger partial charge in [0.15, 0.2) is 0 Å². The van der Waals surface area contributed by atoms with Gasteiger partial charge in [-0.05, 0) is 37.1 Å². The fourth-order valence-electron chi connectivity index (χ4n) is 3.24. The largest absolute Gasteiger partial charge is 0.368 e. The third-order valence-corrected chi connectivity index (χ3v) is 4.57. The van der Waals surface area contributed by atoms with Gasteiger partial charge in [-0.3, -0.25) is 4.90 Å². The molecular formula is C15H18ClN3. The first-order valence-corrected chi connectivity index (χ1v) is 7.43. The molecule has 3 nitrogen and oxygen atoms in total. The highest BCUT2D eigenvalue weighted by Gasteiger charge is 2.31. The Balaban J connectivity index is 1.84. The number of nitrogens with zero attached hydrogens (tertiary/aromatic N) is 3. The lowest BCUT2D eigenvalue weighted by atomic mass is 10.1. The van der Waals surface area contributed by atoms with Crippen molar-refractivity contribution in [1.82, 2.24) is 4.90 Å². The summed E-state index contributed by atoms with van der Waals surface area (Å²) in [5, 5.41) is 9.33.